The molecule has 0 amide bonds. The Labute approximate surface area is 57.7 Å². The lowest BCUT2D eigenvalue weighted by molar-refractivity contribution is -0.129. The van der Waals surface area contributed by atoms with E-state index in [0.29, 0.717) is 0 Å². The van der Waals surface area contributed by atoms with Crippen molar-refractivity contribution >= 4 is 0 Å². The van der Waals surface area contributed by atoms with E-state index < -0.39 is 24.7 Å². The van der Waals surface area contributed by atoms with Gasteiger partial charge < -0.3 is 20.4 Å². The van der Waals surface area contributed by atoms with Crippen molar-refractivity contribution in [3.63, 3.8) is 0 Å². The van der Waals surface area contributed by atoms with E-state index in [1.165, 1.54) is 0 Å². The van der Waals surface area contributed by atoms with Crippen LogP contribution in [-0.4, -0.2) is 45.1 Å². The first-order valence-corrected chi connectivity index (χ1v) is 2.66. The highest BCUT2D eigenvalue weighted by atomic mass is 16.4. The number of aliphatic hydroxyl groups is 4. The largest absolute Gasteiger partial charge is 0.394 e. The third-order valence-electron chi connectivity index (χ3n) is 1.03. The van der Waals surface area contributed by atoms with Gasteiger partial charge in [0, 0.05) is 0 Å². The topological polar surface area (TPSA) is 133 Å². The maximum atomic E-state index is 8.74. The zero-order valence-corrected chi connectivity index (χ0v) is 5.31. The van der Waals surface area contributed by atoms with Crippen molar-refractivity contribution in [1.29, 1.82) is 0 Å². The zero-order valence-electron chi connectivity index (χ0n) is 5.31. The number of rotatable bonds is 3. The Morgan fingerprint density at radius 1 is 1.30 bits per heavy atom. The van der Waals surface area contributed by atoms with Crippen molar-refractivity contribution in [3.05, 3.63) is 0 Å². The van der Waals surface area contributed by atoms with Gasteiger partial charge in [-0.1, -0.05) is 0 Å². The Kier molecular flexibility index (Phi) is 3.16. The zero-order chi connectivity index (χ0) is 8.36. The first kappa shape index (κ1) is 9.76. The van der Waals surface area contributed by atoms with Crippen molar-refractivity contribution in [2.75, 3.05) is 6.61 Å². The predicted octanol–water partition coefficient (Wildman–Crippen LogP) is -3.74. The third kappa shape index (κ3) is 2.56. The quantitative estimate of drug-likeness (QED) is 0.230. The van der Waals surface area contributed by atoms with Crippen LogP contribution in [-0.2, 0) is 0 Å². The number of hydrogen-bond acceptors (Lipinski definition) is 6. The van der Waals surface area contributed by atoms with E-state index in [4.69, 9.17) is 31.9 Å². The summed E-state index contributed by atoms with van der Waals surface area (Å²) in [5, 5.41) is 34.2. The lowest BCUT2D eigenvalue weighted by Gasteiger charge is -2.26. The fourth-order valence-corrected chi connectivity index (χ4v) is 0.408. The summed E-state index contributed by atoms with van der Waals surface area (Å²) in [5.41, 5.74) is 9.54. The lowest BCUT2D eigenvalue weighted by atomic mass is 10.1. The van der Waals surface area contributed by atoms with Gasteiger partial charge in [0.2, 0.25) is 0 Å². The van der Waals surface area contributed by atoms with Gasteiger partial charge in [0.05, 0.1) is 6.61 Å². The molecule has 8 N–H and O–H groups in total. The molecule has 0 aliphatic carbocycles. The fraction of sp³-hybridized carbons (Fsp3) is 1.00. The van der Waals surface area contributed by atoms with Crippen LogP contribution in [0.3, 0.4) is 0 Å². The summed E-state index contributed by atoms with van der Waals surface area (Å²) >= 11 is 0. The van der Waals surface area contributed by atoms with Crippen molar-refractivity contribution in [2.45, 2.75) is 18.1 Å². The van der Waals surface area contributed by atoms with E-state index >= 15 is 0 Å². The molecule has 0 aromatic rings. The fourth-order valence-electron chi connectivity index (χ4n) is 0.408. The summed E-state index contributed by atoms with van der Waals surface area (Å²) < 4.78 is 0. The van der Waals surface area contributed by atoms with E-state index in [-0.39, 0.29) is 0 Å². The summed E-state index contributed by atoms with van der Waals surface area (Å²) in [6.45, 7) is -0.710. The van der Waals surface area contributed by atoms with E-state index in [1.54, 1.807) is 0 Å². The summed E-state index contributed by atoms with van der Waals surface area (Å²) in [6, 6.07) is 0. The number of nitrogens with two attached hydrogens (primary N) is 2. The number of hydrogen-bond donors (Lipinski definition) is 6. The van der Waals surface area contributed by atoms with Gasteiger partial charge in [0.1, 0.15) is 12.2 Å². The maximum Gasteiger partial charge on any atom is 0.196 e. The standard InChI is InChI=1S/C4H12N2O4/c5-4(6,10)3(9)2(8)1-7/h2-3,7-10H,1,5-6H2. The number of aliphatic hydroxyl groups excluding tert-OH is 3. The van der Waals surface area contributed by atoms with Crippen LogP contribution in [0, 0.1) is 0 Å². The van der Waals surface area contributed by atoms with Crippen LogP contribution < -0.4 is 11.5 Å². The molecule has 0 radical (unpaired) electrons. The van der Waals surface area contributed by atoms with Gasteiger partial charge in [-0.3, -0.25) is 11.5 Å². The molecule has 6 heteroatoms. The van der Waals surface area contributed by atoms with E-state index in [2.05, 4.69) is 0 Å². The lowest BCUT2D eigenvalue weighted by Crippen LogP contribution is -2.63. The van der Waals surface area contributed by atoms with E-state index in [1.807, 2.05) is 0 Å². The van der Waals surface area contributed by atoms with Crippen LogP contribution in [0.5, 0.6) is 0 Å². The minimum absolute atomic E-state index is 0.710. The summed E-state index contributed by atoms with van der Waals surface area (Å²) in [6.07, 6.45) is -3.28. The monoisotopic (exact) mass is 152 g/mol. The van der Waals surface area contributed by atoms with Crippen molar-refractivity contribution in [2.24, 2.45) is 11.5 Å². The van der Waals surface area contributed by atoms with Crippen molar-refractivity contribution < 1.29 is 20.4 Å². The van der Waals surface area contributed by atoms with Crippen LogP contribution in [0.15, 0.2) is 0 Å². The molecule has 6 nitrogen and oxygen atoms in total. The minimum atomic E-state index is -2.37. The van der Waals surface area contributed by atoms with Crippen molar-refractivity contribution in [3.8, 4) is 0 Å². The van der Waals surface area contributed by atoms with Gasteiger partial charge in [-0.05, 0) is 0 Å². The van der Waals surface area contributed by atoms with E-state index in [9.17, 15) is 0 Å². The molecule has 0 heterocycles. The van der Waals surface area contributed by atoms with Gasteiger partial charge in [-0.25, -0.2) is 0 Å². The molecule has 0 aromatic heterocycles. The SMILES string of the molecule is NC(N)(O)C(O)C(O)CO. The normalized spacial score (nSPS) is 18.6. The predicted molar refractivity (Wildman–Crippen MR) is 32.4 cm³/mol. The van der Waals surface area contributed by atoms with Gasteiger partial charge in [0.25, 0.3) is 0 Å². The molecule has 10 heavy (non-hydrogen) atoms. The molecule has 0 bridgehead atoms. The smallest absolute Gasteiger partial charge is 0.196 e. The molecule has 0 saturated carbocycles. The Hall–Kier alpha value is -0.240. The molecule has 0 rings (SSSR count). The summed E-state index contributed by atoms with van der Waals surface area (Å²) in [5.74, 6) is -2.37. The highest BCUT2D eigenvalue weighted by Crippen LogP contribution is 2.00. The molecule has 0 aromatic carbocycles. The Morgan fingerprint density at radius 2 is 1.70 bits per heavy atom. The average molecular weight is 152 g/mol. The maximum absolute atomic E-state index is 8.74. The second-order valence-corrected chi connectivity index (χ2v) is 2.08. The Morgan fingerprint density at radius 3 is 1.80 bits per heavy atom. The van der Waals surface area contributed by atoms with Crippen LogP contribution >= 0.6 is 0 Å². The second-order valence-electron chi connectivity index (χ2n) is 2.08. The summed E-state index contributed by atoms with van der Waals surface area (Å²) in [7, 11) is 0. The average Bonchev–Trinajstić information content (AvgIpc) is 1.83. The van der Waals surface area contributed by atoms with Gasteiger partial charge in [-0.15, -0.1) is 0 Å². The van der Waals surface area contributed by atoms with Crippen molar-refractivity contribution in [1.82, 2.24) is 0 Å². The van der Waals surface area contributed by atoms with Gasteiger partial charge in [-0.2, -0.15) is 0 Å². The van der Waals surface area contributed by atoms with Gasteiger partial charge in [0.15, 0.2) is 5.85 Å². The van der Waals surface area contributed by atoms with Crippen LogP contribution in [0.1, 0.15) is 0 Å². The molecule has 0 spiro atoms. The second kappa shape index (κ2) is 3.24. The molecular formula is C4H12N2O4. The van der Waals surface area contributed by atoms with Crippen LogP contribution in [0.4, 0.5) is 0 Å². The highest BCUT2D eigenvalue weighted by molar-refractivity contribution is 4.79. The molecule has 0 saturated heterocycles. The van der Waals surface area contributed by atoms with E-state index in [0.717, 1.165) is 0 Å². The first-order valence-electron chi connectivity index (χ1n) is 2.66. The minimum Gasteiger partial charge on any atom is -0.394 e. The molecule has 0 aliphatic heterocycles. The third-order valence-corrected chi connectivity index (χ3v) is 1.03. The molecular weight excluding hydrogens is 140 g/mol. The first-order chi connectivity index (χ1) is 4.39. The summed E-state index contributed by atoms with van der Waals surface area (Å²) in [4.78, 5) is 0. The van der Waals surface area contributed by atoms with Gasteiger partial charge >= 0.3 is 0 Å². The molecule has 2 atom stereocenters. The van der Waals surface area contributed by atoms with Crippen LogP contribution in [0.2, 0.25) is 0 Å². The molecule has 0 fully saturated rings. The molecule has 0 aliphatic rings. The Bertz CT molecular complexity index is 102. The molecule has 2 unspecified atom stereocenters. The highest BCUT2D eigenvalue weighted by Gasteiger charge is 2.32. The molecule has 62 valence electrons. The van der Waals surface area contributed by atoms with Crippen LogP contribution in [0.25, 0.3) is 0 Å². The Balaban J connectivity index is 3.94.